The fourth-order valence-corrected chi connectivity index (χ4v) is 6.13. The average Bonchev–Trinajstić information content (AvgIpc) is 3.66. The van der Waals surface area contributed by atoms with E-state index in [-0.39, 0.29) is 30.3 Å². The number of fused-ring (bicyclic) bond motifs is 2. The van der Waals surface area contributed by atoms with E-state index in [1.54, 1.807) is 53.6 Å². The van der Waals surface area contributed by atoms with Gasteiger partial charge in [-0.3, -0.25) is 14.9 Å². The number of H-pyrrole nitrogens is 1. The minimum atomic E-state index is -1.03. The topological polar surface area (TPSA) is 139 Å². The van der Waals surface area contributed by atoms with Gasteiger partial charge in [-0.1, -0.05) is 29.8 Å². The van der Waals surface area contributed by atoms with Gasteiger partial charge in [-0.2, -0.15) is 5.10 Å². The van der Waals surface area contributed by atoms with Crippen LogP contribution in [0.15, 0.2) is 61.1 Å². The van der Waals surface area contributed by atoms with Gasteiger partial charge in [0.2, 0.25) is 0 Å². The Labute approximate surface area is 238 Å². The molecule has 0 saturated heterocycles. The van der Waals surface area contributed by atoms with Gasteiger partial charge >= 0.3 is 5.97 Å². The molecule has 0 spiro atoms. The lowest BCUT2D eigenvalue weighted by atomic mass is 9.89. The highest BCUT2D eigenvalue weighted by molar-refractivity contribution is 6.31. The molecule has 0 radical (unpaired) electrons. The van der Waals surface area contributed by atoms with E-state index in [0.29, 0.717) is 51.2 Å². The lowest BCUT2D eigenvalue weighted by Gasteiger charge is -2.40. The fourth-order valence-electron chi connectivity index (χ4n) is 5.96. The third-order valence-electron chi connectivity index (χ3n) is 7.85. The summed E-state index contributed by atoms with van der Waals surface area (Å²) in [5.74, 6) is 0.446. The lowest BCUT2D eigenvalue weighted by Crippen LogP contribution is -2.47. The summed E-state index contributed by atoms with van der Waals surface area (Å²) < 4.78 is 8.04. The number of hydrogen-bond donors (Lipinski definition) is 2. The molecule has 5 aromatic rings. The summed E-state index contributed by atoms with van der Waals surface area (Å²) >= 11 is 6.19. The molecule has 1 amide bonds. The number of aromatic nitrogens is 6. The van der Waals surface area contributed by atoms with Crippen molar-refractivity contribution in [3.63, 3.8) is 0 Å². The number of aromatic amines is 1. The lowest BCUT2D eigenvalue weighted by molar-refractivity contribution is 0.0280. The Morgan fingerprint density at radius 1 is 1.07 bits per heavy atom. The zero-order chi connectivity index (χ0) is 28.1. The Kier molecular flexibility index (Phi) is 6.15. The van der Waals surface area contributed by atoms with Crippen molar-refractivity contribution >= 4 is 34.5 Å². The van der Waals surface area contributed by atoms with Crippen LogP contribution in [0.25, 0.3) is 33.9 Å². The van der Waals surface area contributed by atoms with Crippen molar-refractivity contribution in [1.29, 1.82) is 0 Å². The Balaban J connectivity index is 1.32. The highest BCUT2D eigenvalue weighted by Gasteiger charge is 2.36. The molecular formula is C29H24ClN7O4. The first-order chi connectivity index (χ1) is 20.0. The number of carboxylic acid groups (broad SMARTS) is 1. The second-order valence-electron chi connectivity index (χ2n) is 10.2. The number of imidazole rings is 1. The summed E-state index contributed by atoms with van der Waals surface area (Å²) in [6.45, 7) is 0.157. The SMILES string of the molecule is O=C(O)c1ccccc1-c1nc2cnc(-c3ncn[nH]3)cc2n1[C@@H]1CCCC(N2COc3ccc(Cl)cc3C2=O)C1. The van der Waals surface area contributed by atoms with E-state index in [2.05, 4.69) is 24.7 Å². The van der Waals surface area contributed by atoms with Crippen LogP contribution in [0.3, 0.4) is 0 Å². The zero-order valence-electron chi connectivity index (χ0n) is 21.7. The number of carboxylic acids is 1. The summed E-state index contributed by atoms with van der Waals surface area (Å²) in [5.41, 5.74) is 3.15. The van der Waals surface area contributed by atoms with Crippen LogP contribution in [0.1, 0.15) is 52.4 Å². The molecule has 3 aromatic heterocycles. The maximum Gasteiger partial charge on any atom is 0.336 e. The van der Waals surface area contributed by atoms with E-state index in [9.17, 15) is 14.7 Å². The fraction of sp³-hybridized carbons (Fsp3) is 0.241. The number of ether oxygens (including phenoxy) is 1. The minimum absolute atomic E-state index is 0.0749. The molecule has 206 valence electrons. The van der Waals surface area contributed by atoms with Gasteiger partial charge in [0.15, 0.2) is 12.6 Å². The van der Waals surface area contributed by atoms with Crippen LogP contribution in [-0.4, -0.2) is 64.4 Å². The van der Waals surface area contributed by atoms with Gasteiger partial charge in [0.25, 0.3) is 5.91 Å². The van der Waals surface area contributed by atoms with Gasteiger partial charge in [0, 0.05) is 22.7 Å². The van der Waals surface area contributed by atoms with Gasteiger partial charge in [0.05, 0.1) is 22.8 Å². The Morgan fingerprint density at radius 2 is 1.93 bits per heavy atom. The number of nitrogens with one attached hydrogen (secondary N) is 1. The summed E-state index contributed by atoms with van der Waals surface area (Å²) in [6.07, 6.45) is 6.23. The van der Waals surface area contributed by atoms with Crippen molar-refractivity contribution in [3.8, 4) is 28.7 Å². The predicted octanol–water partition coefficient (Wildman–Crippen LogP) is 5.21. The highest BCUT2D eigenvalue weighted by Crippen LogP contribution is 2.40. The molecule has 1 aliphatic carbocycles. The van der Waals surface area contributed by atoms with Crippen LogP contribution < -0.4 is 4.74 Å². The number of pyridine rings is 1. The molecule has 12 heteroatoms. The molecule has 7 rings (SSSR count). The molecule has 2 aliphatic rings. The molecule has 41 heavy (non-hydrogen) atoms. The first-order valence-corrected chi connectivity index (χ1v) is 13.7. The van der Waals surface area contributed by atoms with E-state index < -0.39 is 5.97 Å². The smallest absolute Gasteiger partial charge is 0.336 e. The van der Waals surface area contributed by atoms with E-state index >= 15 is 0 Å². The van der Waals surface area contributed by atoms with Gasteiger partial charge in [-0.15, -0.1) is 0 Å². The van der Waals surface area contributed by atoms with Gasteiger partial charge in [0.1, 0.15) is 29.1 Å². The number of nitrogens with zero attached hydrogens (tertiary/aromatic N) is 6. The molecule has 2 aromatic carbocycles. The molecule has 0 bridgehead atoms. The Bertz CT molecular complexity index is 1800. The Hall–Kier alpha value is -4.77. The molecule has 1 saturated carbocycles. The van der Waals surface area contributed by atoms with Crippen LogP contribution in [-0.2, 0) is 0 Å². The predicted molar refractivity (Wildman–Crippen MR) is 150 cm³/mol. The number of carbonyl (C=O) groups is 2. The number of aromatic carboxylic acids is 1. The molecule has 4 heterocycles. The Morgan fingerprint density at radius 3 is 2.76 bits per heavy atom. The molecule has 1 fully saturated rings. The third kappa shape index (κ3) is 4.38. The van der Waals surface area contributed by atoms with Crippen LogP contribution in [0.4, 0.5) is 0 Å². The van der Waals surface area contributed by atoms with Crippen molar-refractivity contribution in [2.75, 3.05) is 6.73 Å². The number of benzene rings is 2. The normalized spacial score (nSPS) is 18.8. The molecule has 1 aliphatic heterocycles. The third-order valence-corrected chi connectivity index (χ3v) is 8.08. The van der Waals surface area contributed by atoms with Crippen molar-refractivity contribution in [2.45, 2.75) is 37.8 Å². The summed E-state index contributed by atoms with van der Waals surface area (Å²) in [7, 11) is 0. The largest absolute Gasteiger partial charge is 0.478 e. The van der Waals surface area contributed by atoms with Gasteiger partial charge in [-0.25, -0.2) is 14.8 Å². The maximum atomic E-state index is 13.5. The molecule has 2 atom stereocenters. The summed E-state index contributed by atoms with van der Waals surface area (Å²) in [5, 5.41) is 17.2. The van der Waals surface area contributed by atoms with Crippen LogP contribution in [0, 0.1) is 0 Å². The monoisotopic (exact) mass is 569 g/mol. The maximum absolute atomic E-state index is 13.5. The summed E-state index contributed by atoms with van der Waals surface area (Å²) in [6, 6.07) is 13.7. The number of halogens is 1. The van der Waals surface area contributed by atoms with Crippen LogP contribution >= 0.6 is 11.6 Å². The minimum Gasteiger partial charge on any atom is -0.478 e. The van der Waals surface area contributed by atoms with E-state index in [1.807, 2.05) is 6.07 Å². The van der Waals surface area contributed by atoms with E-state index in [1.165, 1.54) is 6.33 Å². The van der Waals surface area contributed by atoms with Crippen LogP contribution in [0.5, 0.6) is 5.75 Å². The van der Waals surface area contributed by atoms with E-state index in [0.717, 1.165) is 24.8 Å². The number of carbonyl (C=O) groups excluding carboxylic acids is 1. The van der Waals surface area contributed by atoms with Crippen LogP contribution in [0.2, 0.25) is 5.02 Å². The quantitative estimate of drug-likeness (QED) is 0.294. The summed E-state index contributed by atoms with van der Waals surface area (Å²) in [4.78, 5) is 41.1. The van der Waals surface area contributed by atoms with Gasteiger partial charge < -0.3 is 19.3 Å². The standard InChI is InChI=1S/C29H24ClN7O4/c30-16-8-9-25-21(10-16)28(38)36(15-41-25)17-4-3-5-18(11-17)37-24-12-22(26-32-14-33-35-26)31-13-23(24)34-27(37)19-6-1-2-7-20(19)29(39)40/h1-2,6-10,12-14,17-18H,3-5,11,15H2,(H,39,40)(H,32,33,35)/t17?,18-/m1/s1. The number of rotatable bonds is 5. The first kappa shape index (κ1) is 25.2. The molecule has 11 nitrogen and oxygen atoms in total. The van der Waals surface area contributed by atoms with Crippen molar-refractivity contribution in [2.24, 2.45) is 0 Å². The van der Waals surface area contributed by atoms with E-state index in [4.69, 9.17) is 21.3 Å². The van der Waals surface area contributed by atoms with Gasteiger partial charge in [-0.05, 0) is 56.0 Å². The second kappa shape index (κ2) is 10.0. The van der Waals surface area contributed by atoms with Crippen molar-refractivity contribution in [3.05, 3.63) is 77.2 Å². The first-order valence-electron chi connectivity index (χ1n) is 13.3. The molecule has 1 unspecified atom stereocenters. The number of amides is 1. The molecule has 2 N–H and O–H groups in total. The zero-order valence-corrected chi connectivity index (χ0v) is 22.5. The van der Waals surface area contributed by atoms with Crippen molar-refractivity contribution in [1.82, 2.24) is 34.6 Å². The van der Waals surface area contributed by atoms with Crippen molar-refractivity contribution < 1.29 is 19.4 Å². The number of hydrogen-bond acceptors (Lipinski definition) is 7. The average molecular weight is 570 g/mol. The molecular weight excluding hydrogens is 546 g/mol. The second-order valence-corrected chi connectivity index (χ2v) is 10.6. The highest BCUT2D eigenvalue weighted by atomic mass is 35.5.